The fourth-order valence-corrected chi connectivity index (χ4v) is 2.59. The Kier molecular flexibility index (Phi) is 5.39. The summed E-state index contributed by atoms with van der Waals surface area (Å²) in [6, 6.07) is 8.32. The summed E-state index contributed by atoms with van der Waals surface area (Å²) < 4.78 is 63.7. The molecule has 0 fully saturated rings. The van der Waals surface area contributed by atoms with E-state index in [2.05, 4.69) is 5.32 Å². The minimum Gasteiger partial charge on any atom is -0.479 e. The highest BCUT2D eigenvalue weighted by molar-refractivity contribution is 6.03. The van der Waals surface area contributed by atoms with Crippen molar-refractivity contribution < 1.29 is 31.5 Å². The van der Waals surface area contributed by atoms with Gasteiger partial charge in [0.2, 0.25) is 11.6 Å². The molecule has 146 valence electrons. The van der Waals surface area contributed by atoms with Gasteiger partial charge in [0.05, 0.1) is 0 Å². The molecule has 0 aliphatic heterocycles. The number of anilines is 1. The van der Waals surface area contributed by atoms with Gasteiger partial charge in [0, 0.05) is 11.8 Å². The molecule has 0 bridgehead atoms. The molecule has 0 saturated heterocycles. The predicted molar refractivity (Wildman–Crippen MR) is 93.2 cm³/mol. The van der Waals surface area contributed by atoms with E-state index in [-0.39, 0.29) is 17.6 Å². The first-order chi connectivity index (χ1) is 13.3. The molecule has 0 radical (unpaired) electrons. The number of carbonyl (C=O) groups excluding carboxylic acids is 1. The Bertz CT molecular complexity index is 1000. The van der Waals surface area contributed by atoms with E-state index in [1.807, 2.05) is 32.0 Å². The van der Waals surface area contributed by atoms with E-state index in [0.29, 0.717) is 5.69 Å². The molecule has 1 amide bonds. The molecule has 0 unspecified atom stereocenters. The van der Waals surface area contributed by atoms with E-state index in [1.54, 1.807) is 0 Å². The Hall–Kier alpha value is -3.29. The highest BCUT2D eigenvalue weighted by Gasteiger charge is 2.21. The lowest BCUT2D eigenvalue weighted by atomic mass is 10.1. The number of benzene rings is 2. The molecule has 3 aromatic rings. The van der Waals surface area contributed by atoms with Crippen molar-refractivity contribution in [2.24, 2.45) is 0 Å². The topological polar surface area (TPSA) is 51.5 Å². The molecule has 1 N–H and O–H groups in total. The lowest BCUT2D eigenvalue weighted by Crippen LogP contribution is -2.13. The summed E-state index contributed by atoms with van der Waals surface area (Å²) in [6.45, 7) is 3.14. The molecule has 0 aliphatic carbocycles. The first kappa shape index (κ1) is 19.5. The van der Waals surface area contributed by atoms with Gasteiger partial charge in [-0.3, -0.25) is 4.79 Å². The van der Waals surface area contributed by atoms with Crippen molar-refractivity contribution in [1.82, 2.24) is 0 Å². The SMILES string of the molecule is Cc1cccc(C)c1NC(=O)c1ccc(COc2c(F)c(F)cc(F)c2F)o1. The van der Waals surface area contributed by atoms with Crippen LogP contribution in [0.1, 0.15) is 27.4 Å². The maximum Gasteiger partial charge on any atom is 0.291 e. The zero-order valence-corrected chi connectivity index (χ0v) is 14.9. The summed E-state index contributed by atoms with van der Waals surface area (Å²) in [4.78, 5) is 12.3. The number of halogens is 4. The zero-order chi connectivity index (χ0) is 20.4. The van der Waals surface area contributed by atoms with Crippen LogP contribution in [-0.4, -0.2) is 5.91 Å². The van der Waals surface area contributed by atoms with Crippen LogP contribution < -0.4 is 10.1 Å². The normalized spacial score (nSPS) is 10.8. The first-order valence-electron chi connectivity index (χ1n) is 8.20. The number of para-hydroxylation sites is 1. The minimum atomic E-state index is -1.65. The minimum absolute atomic E-state index is 0.0372. The van der Waals surface area contributed by atoms with Crippen molar-refractivity contribution in [2.75, 3.05) is 5.32 Å². The van der Waals surface area contributed by atoms with Gasteiger partial charge >= 0.3 is 0 Å². The molecule has 3 rings (SSSR count). The highest BCUT2D eigenvalue weighted by atomic mass is 19.2. The number of hydrogen-bond donors (Lipinski definition) is 1. The van der Waals surface area contributed by atoms with Gasteiger partial charge in [0.25, 0.3) is 5.91 Å². The van der Waals surface area contributed by atoms with Crippen molar-refractivity contribution in [3.8, 4) is 5.75 Å². The van der Waals surface area contributed by atoms with E-state index >= 15 is 0 Å². The average molecular weight is 393 g/mol. The van der Waals surface area contributed by atoms with Crippen LogP contribution in [0.4, 0.5) is 23.2 Å². The zero-order valence-electron chi connectivity index (χ0n) is 14.9. The summed E-state index contributed by atoms with van der Waals surface area (Å²) in [6.07, 6.45) is 0. The fourth-order valence-electron chi connectivity index (χ4n) is 2.59. The number of amides is 1. The third kappa shape index (κ3) is 3.85. The van der Waals surface area contributed by atoms with Gasteiger partial charge in [-0.15, -0.1) is 0 Å². The maximum atomic E-state index is 13.6. The number of hydrogen-bond acceptors (Lipinski definition) is 3. The third-order valence-corrected chi connectivity index (χ3v) is 4.04. The van der Waals surface area contributed by atoms with Crippen molar-refractivity contribution in [1.29, 1.82) is 0 Å². The number of nitrogens with one attached hydrogen (secondary N) is 1. The molecule has 2 aromatic carbocycles. The molecule has 1 heterocycles. The second-order valence-corrected chi connectivity index (χ2v) is 6.07. The second kappa shape index (κ2) is 7.75. The van der Waals surface area contributed by atoms with Crippen molar-refractivity contribution >= 4 is 11.6 Å². The van der Waals surface area contributed by atoms with Crippen LogP contribution in [0.5, 0.6) is 5.75 Å². The lowest BCUT2D eigenvalue weighted by Gasteiger charge is -2.10. The van der Waals surface area contributed by atoms with Crippen LogP contribution in [0.15, 0.2) is 40.8 Å². The van der Waals surface area contributed by atoms with Gasteiger partial charge < -0.3 is 14.5 Å². The van der Waals surface area contributed by atoms with Gasteiger partial charge in [-0.25, -0.2) is 8.78 Å². The number of rotatable bonds is 5. The van der Waals surface area contributed by atoms with Crippen LogP contribution in [0.2, 0.25) is 0 Å². The number of carbonyl (C=O) groups is 1. The molecule has 0 atom stereocenters. The molecule has 0 aliphatic rings. The molecule has 28 heavy (non-hydrogen) atoms. The van der Waals surface area contributed by atoms with Crippen LogP contribution in [0.3, 0.4) is 0 Å². The summed E-state index contributed by atoms with van der Waals surface area (Å²) >= 11 is 0. The van der Waals surface area contributed by atoms with Gasteiger partial charge in [-0.1, -0.05) is 18.2 Å². The van der Waals surface area contributed by atoms with Gasteiger partial charge in [0.1, 0.15) is 12.4 Å². The van der Waals surface area contributed by atoms with E-state index < -0.39 is 41.5 Å². The maximum absolute atomic E-state index is 13.6. The molecular formula is C20H15F4NO3. The van der Waals surface area contributed by atoms with Crippen LogP contribution in [0.25, 0.3) is 0 Å². The highest BCUT2D eigenvalue weighted by Crippen LogP contribution is 2.27. The largest absolute Gasteiger partial charge is 0.479 e. The third-order valence-electron chi connectivity index (χ3n) is 4.04. The molecular weight excluding hydrogens is 378 g/mol. The number of ether oxygens (including phenoxy) is 1. The van der Waals surface area contributed by atoms with Crippen LogP contribution >= 0.6 is 0 Å². The first-order valence-corrected chi connectivity index (χ1v) is 8.20. The van der Waals surface area contributed by atoms with Gasteiger partial charge in [-0.2, -0.15) is 8.78 Å². The van der Waals surface area contributed by atoms with Crippen LogP contribution in [0, 0.1) is 37.1 Å². The summed E-state index contributed by atoms with van der Waals surface area (Å²) in [5, 5.41) is 2.72. The van der Waals surface area contributed by atoms with E-state index in [1.165, 1.54) is 12.1 Å². The smallest absolute Gasteiger partial charge is 0.291 e. The monoisotopic (exact) mass is 393 g/mol. The van der Waals surface area contributed by atoms with Crippen molar-refractivity contribution in [3.63, 3.8) is 0 Å². The van der Waals surface area contributed by atoms with E-state index in [9.17, 15) is 22.4 Å². The average Bonchev–Trinajstić information content (AvgIpc) is 3.12. The number of aryl methyl sites for hydroxylation is 2. The quantitative estimate of drug-likeness (QED) is 0.474. The Morgan fingerprint density at radius 2 is 1.61 bits per heavy atom. The fraction of sp³-hybridized carbons (Fsp3) is 0.150. The van der Waals surface area contributed by atoms with Gasteiger partial charge in [-0.05, 0) is 37.1 Å². The molecule has 0 saturated carbocycles. The second-order valence-electron chi connectivity index (χ2n) is 6.07. The molecule has 1 aromatic heterocycles. The lowest BCUT2D eigenvalue weighted by molar-refractivity contribution is 0.0992. The Morgan fingerprint density at radius 3 is 2.21 bits per heavy atom. The predicted octanol–water partition coefficient (Wildman–Crippen LogP) is 5.28. The standard InChI is InChI=1S/C20H15F4NO3/c1-10-4-3-5-11(2)18(10)25-20(26)15-7-6-12(28-15)9-27-19-16(23)13(21)8-14(22)17(19)24/h3-8H,9H2,1-2H3,(H,25,26). The Labute approximate surface area is 157 Å². The summed E-state index contributed by atoms with van der Waals surface area (Å²) in [7, 11) is 0. The summed E-state index contributed by atoms with van der Waals surface area (Å²) in [5.41, 5.74) is 2.37. The van der Waals surface area contributed by atoms with Crippen LogP contribution in [-0.2, 0) is 6.61 Å². The Morgan fingerprint density at radius 1 is 1.00 bits per heavy atom. The number of furan rings is 1. The van der Waals surface area contributed by atoms with E-state index in [4.69, 9.17) is 9.15 Å². The summed E-state index contributed by atoms with van der Waals surface area (Å²) in [5.74, 6) is -8.23. The Balaban J connectivity index is 1.72. The van der Waals surface area contributed by atoms with E-state index in [0.717, 1.165) is 11.1 Å². The van der Waals surface area contributed by atoms with Crippen molar-refractivity contribution in [3.05, 3.63) is 82.3 Å². The van der Waals surface area contributed by atoms with Crippen molar-refractivity contribution in [2.45, 2.75) is 20.5 Å². The molecule has 0 spiro atoms. The molecule has 4 nitrogen and oxygen atoms in total. The van der Waals surface area contributed by atoms with Gasteiger partial charge in [0.15, 0.2) is 23.1 Å². The molecule has 8 heteroatoms.